The first-order valence-corrected chi connectivity index (χ1v) is 8.61. The fourth-order valence-electron chi connectivity index (χ4n) is 2.72. The van der Waals surface area contributed by atoms with Crippen LogP contribution in [-0.2, 0) is 4.74 Å². The molecular formula is C20H23N3O3. The number of allylic oxidation sites excluding steroid dienone is 4. The fourth-order valence-corrected chi connectivity index (χ4v) is 2.72. The molecule has 0 atom stereocenters. The Balaban J connectivity index is 2.05. The number of ether oxygens (including phenoxy) is 2. The normalized spacial score (nSPS) is 15.5. The van der Waals surface area contributed by atoms with Crippen molar-refractivity contribution in [1.82, 2.24) is 14.8 Å². The van der Waals surface area contributed by atoms with E-state index in [1.165, 1.54) is 0 Å². The Morgan fingerprint density at radius 2 is 2.15 bits per heavy atom. The average molecular weight is 353 g/mol. The minimum atomic E-state index is -0.435. The van der Waals surface area contributed by atoms with Crippen molar-refractivity contribution in [3.8, 4) is 11.6 Å². The topological polar surface area (TPSA) is 66.2 Å². The Labute approximate surface area is 153 Å². The summed E-state index contributed by atoms with van der Waals surface area (Å²) in [7, 11) is 1.57. The molecule has 2 aromatic heterocycles. The Kier molecular flexibility index (Phi) is 4.93. The number of methoxy groups -OCH3 is 1. The molecule has 2 aromatic rings. The molecule has 0 spiro atoms. The van der Waals surface area contributed by atoms with Crippen LogP contribution in [0.5, 0.6) is 5.88 Å². The van der Waals surface area contributed by atoms with Gasteiger partial charge < -0.3 is 9.47 Å². The second-order valence-electron chi connectivity index (χ2n) is 6.79. The highest BCUT2D eigenvalue weighted by Gasteiger charge is 2.22. The second kappa shape index (κ2) is 7.15. The first kappa shape index (κ1) is 17.9. The number of pyridine rings is 1. The zero-order chi connectivity index (χ0) is 18.7. The van der Waals surface area contributed by atoms with Crippen LogP contribution in [-0.4, -0.2) is 34.5 Å². The highest BCUT2D eigenvalue weighted by atomic mass is 16.5. The van der Waals surface area contributed by atoms with Gasteiger partial charge in [-0.3, -0.25) is 0 Å². The van der Waals surface area contributed by atoms with Gasteiger partial charge in [0.05, 0.1) is 31.3 Å². The molecule has 3 rings (SSSR count). The lowest BCUT2D eigenvalue weighted by atomic mass is 9.83. The van der Waals surface area contributed by atoms with Gasteiger partial charge in [0.15, 0.2) is 5.69 Å². The van der Waals surface area contributed by atoms with Crippen molar-refractivity contribution in [3.05, 3.63) is 54.0 Å². The van der Waals surface area contributed by atoms with Crippen LogP contribution in [0.4, 0.5) is 0 Å². The zero-order valence-electron chi connectivity index (χ0n) is 15.5. The van der Waals surface area contributed by atoms with Crippen LogP contribution in [0.15, 0.2) is 42.6 Å². The number of aromatic nitrogens is 3. The first-order chi connectivity index (χ1) is 12.4. The van der Waals surface area contributed by atoms with Crippen LogP contribution >= 0.6 is 0 Å². The molecule has 0 bridgehead atoms. The third kappa shape index (κ3) is 3.69. The van der Waals surface area contributed by atoms with Gasteiger partial charge >= 0.3 is 5.97 Å². The van der Waals surface area contributed by atoms with Gasteiger partial charge in [0.25, 0.3) is 0 Å². The molecule has 1 aliphatic carbocycles. The molecule has 0 N–H and O–H groups in total. The van der Waals surface area contributed by atoms with Crippen molar-refractivity contribution in [1.29, 1.82) is 0 Å². The zero-order valence-corrected chi connectivity index (χ0v) is 15.5. The van der Waals surface area contributed by atoms with Gasteiger partial charge in [0.1, 0.15) is 0 Å². The summed E-state index contributed by atoms with van der Waals surface area (Å²) in [6.07, 6.45) is 9.00. The van der Waals surface area contributed by atoms with E-state index < -0.39 is 5.97 Å². The van der Waals surface area contributed by atoms with Crippen molar-refractivity contribution in [3.63, 3.8) is 0 Å². The molecule has 2 heterocycles. The molecule has 6 heteroatoms. The maximum absolute atomic E-state index is 12.2. The summed E-state index contributed by atoms with van der Waals surface area (Å²) in [6.45, 7) is 6.45. The Morgan fingerprint density at radius 3 is 2.73 bits per heavy atom. The lowest BCUT2D eigenvalue weighted by Crippen LogP contribution is -2.10. The average Bonchev–Trinajstić information content (AvgIpc) is 3.07. The lowest BCUT2D eigenvalue weighted by molar-refractivity contribution is 0.0519. The minimum Gasteiger partial charge on any atom is -0.481 e. The predicted molar refractivity (Wildman–Crippen MR) is 99.4 cm³/mol. The van der Waals surface area contributed by atoms with E-state index >= 15 is 0 Å². The van der Waals surface area contributed by atoms with Crippen LogP contribution in [0.2, 0.25) is 0 Å². The molecule has 0 aromatic carbocycles. The van der Waals surface area contributed by atoms with Crippen LogP contribution in [0.3, 0.4) is 0 Å². The summed E-state index contributed by atoms with van der Waals surface area (Å²) in [4.78, 5) is 16.4. The predicted octanol–water partition coefficient (Wildman–Crippen LogP) is 3.82. The monoisotopic (exact) mass is 353 g/mol. The molecule has 0 radical (unpaired) electrons. The third-order valence-corrected chi connectivity index (χ3v) is 4.23. The summed E-state index contributed by atoms with van der Waals surface area (Å²) in [5.74, 6) is 0.0845. The maximum Gasteiger partial charge on any atom is 0.358 e. The fraction of sp³-hybridized carbons (Fsp3) is 0.350. The van der Waals surface area contributed by atoms with Crippen LogP contribution < -0.4 is 4.74 Å². The van der Waals surface area contributed by atoms with E-state index in [4.69, 9.17) is 9.47 Å². The van der Waals surface area contributed by atoms with Crippen molar-refractivity contribution in [2.24, 2.45) is 5.41 Å². The van der Waals surface area contributed by atoms with E-state index in [1.807, 2.05) is 6.07 Å². The Bertz CT molecular complexity index is 861. The third-order valence-electron chi connectivity index (χ3n) is 4.23. The molecule has 0 aliphatic heterocycles. The maximum atomic E-state index is 12.2. The van der Waals surface area contributed by atoms with E-state index in [2.05, 4.69) is 42.2 Å². The molecule has 0 saturated carbocycles. The molecule has 0 amide bonds. The SMILES string of the molecule is CCOC(=O)c1cc(C2=CCC(C)(C)C=C2)n(-c2ccc(OC)nc2)n1. The Hall–Kier alpha value is -2.89. The van der Waals surface area contributed by atoms with E-state index in [0.29, 0.717) is 12.5 Å². The van der Waals surface area contributed by atoms with Crippen LogP contribution in [0.25, 0.3) is 11.3 Å². The van der Waals surface area contributed by atoms with Crippen molar-refractivity contribution >= 4 is 11.5 Å². The number of hydrogen-bond acceptors (Lipinski definition) is 5. The summed E-state index contributed by atoms with van der Waals surface area (Å²) in [6, 6.07) is 5.38. The molecule has 1 aliphatic rings. The van der Waals surface area contributed by atoms with Crippen molar-refractivity contribution < 1.29 is 14.3 Å². The summed E-state index contributed by atoms with van der Waals surface area (Å²) >= 11 is 0. The van der Waals surface area contributed by atoms with Gasteiger partial charge in [0.2, 0.25) is 5.88 Å². The molecule has 26 heavy (non-hydrogen) atoms. The molecule has 0 saturated heterocycles. The van der Waals surface area contributed by atoms with Crippen molar-refractivity contribution in [2.75, 3.05) is 13.7 Å². The van der Waals surface area contributed by atoms with Crippen LogP contribution in [0, 0.1) is 5.41 Å². The van der Waals surface area contributed by atoms with Gasteiger partial charge in [-0.2, -0.15) is 5.10 Å². The molecule has 0 unspecified atom stereocenters. The number of carbonyl (C=O) groups is 1. The first-order valence-electron chi connectivity index (χ1n) is 8.61. The number of hydrogen-bond donors (Lipinski definition) is 0. The largest absolute Gasteiger partial charge is 0.481 e. The van der Waals surface area contributed by atoms with Gasteiger partial charge in [-0.25, -0.2) is 14.5 Å². The highest BCUT2D eigenvalue weighted by Crippen LogP contribution is 2.33. The Morgan fingerprint density at radius 1 is 1.35 bits per heavy atom. The van der Waals surface area contributed by atoms with E-state index in [1.54, 1.807) is 37.0 Å². The standard InChI is InChI=1S/C20H23N3O3/c1-5-26-19(24)16-12-17(14-8-10-20(2,3)11-9-14)23(22-16)15-6-7-18(25-4)21-13-15/h6-10,12-13H,5,11H2,1-4H3. The van der Waals surface area contributed by atoms with E-state index in [-0.39, 0.29) is 11.1 Å². The molecule has 136 valence electrons. The molecule has 0 fully saturated rings. The summed E-state index contributed by atoms with van der Waals surface area (Å²) in [5.41, 5.74) is 2.99. The summed E-state index contributed by atoms with van der Waals surface area (Å²) in [5, 5.41) is 4.45. The van der Waals surface area contributed by atoms with Crippen molar-refractivity contribution in [2.45, 2.75) is 27.2 Å². The lowest BCUT2D eigenvalue weighted by Gasteiger charge is -2.22. The summed E-state index contributed by atoms with van der Waals surface area (Å²) < 4.78 is 11.9. The van der Waals surface area contributed by atoms with E-state index in [0.717, 1.165) is 23.4 Å². The quantitative estimate of drug-likeness (QED) is 0.765. The smallest absolute Gasteiger partial charge is 0.358 e. The minimum absolute atomic E-state index is 0.125. The van der Waals surface area contributed by atoms with E-state index in [9.17, 15) is 4.79 Å². The van der Waals surface area contributed by atoms with Gasteiger partial charge in [-0.1, -0.05) is 32.1 Å². The number of esters is 1. The number of rotatable bonds is 5. The van der Waals surface area contributed by atoms with Gasteiger partial charge in [0, 0.05) is 6.07 Å². The van der Waals surface area contributed by atoms with Gasteiger partial charge in [-0.05, 0) is 36.5 Å². The number of nitrogens with zero attached hydrogens (tertiary/aromatic N) is 3. The van der Waals surface area contributed by atoms with Gasteiger partial charge in [-0.15, -0.1) is 0 Å². The molecule has 6 nitrogen and oxygen atoms in total. The second-order valence-corrected chi connectivity index (χ2v) is 6.79. The highest BCUT2D eigenvalue weighted by molar-refractivity contribution is 5.89. The molecular weight excluding hydrogens is 330 g/mol. The van der Waals surface area contributed by atoms with Crippen LogP contribution in [0.1, 0.15) is 43.4 Å². The number of carbonyl (C=O) groups excluding carboxylic acids is 1.